The Labute approximate surface area is 116 Å². The number of amides is 1. The van der Waals surface area contributed by atoms with E-state index in [2.05, 4.69) is 31.0 Å². The minimum absolute atomic E-state index is 0.00713. The fourth-order valence-corrected chi connectivity index (χ4v) is 2.68. The molecule has 1 amide bonds. The first kappa shape index (κ1) is 14.8. The standard InChI is InChI=1S/C15H28N2O2/c1-4-7-16-14-10-19-9-13(14)15(18)17(11(2)3)8-12-5-6-12/h11-14,16H,4-10H2,1-3H3. The van der Waals surface area contributed by atoms with Crippen LogP contribution in [0.2, 0.25) is 0 Å². The smallest absolute Gasteiger partial charge is 0.229 e. The van der Waals surface area contributed by atoms with E-state index in [1.54, 1.807) is 0 Å². The second-order valence-corrected chi connectivity index (χ2v) is 6.23. The van der Waals surface area contributed by atoms with Crippen molar-refractivity contribution in [1.82, 2.24) is 10.2 Å². The summed E-state index contributed by atoms with van der Waals surface area (Å²) in [4.78, 5) is 14.8. The number of hydrogen-bond donors (Lipinski definition) is 1. The molecule has 1 N–H and O–H groups in total. The normalized spacial score (nSPS) is 26.9. The highest BCUT2D eigenvalue weighted by atomic mass is 16.5. The van der Waals surface area contributed by atoms with Crippen LogP contribution in [0.4, 0.5) is 0 Å². The quantitative estimate of drug-likeness (QED) is 0.763. The molecule has 0 radical (unpaired) electrons. The van der Waals surface area contributed by atoms with Crippen molar-refractivity contribution in [2.45, 2.75) is 52.1 Å². The van der Waals surface area contributed by atoms with Crippen LogP contribution >= 0.6 is 0 Å². The second kappa shape index (κ2) is 6.71. The molecule has 1 heterocycles. The molecule has 0 aromatic carbocycles. The fourth-order valence-electron chi connectivity index (χ4n) is 2.68. The molecule has 2 fully saturated rings. The fraction of sp³-hybridized carbons (Fsp3) is 0.933. The first-order chi connectivity index (χ1) is 9.13. The van der Waals surface area contributed by atoms with Crippen molar-refractivity contribution in [1.29, 1.82) is 0 Å². The Hall–Kier alpha value is -0.610. The predicted molar refractivity (Wildman–Crippen MR) is 76.0 cm³/mol. The first-order valence-electron chi connectivity index (χ1n) is 7.75. The van der Waals surface area contributed by atoms with E-state index in [0.717, 1.165) is 25.4 Å². The van der Waals surface area contributed by atoms with Crippen LogP contribution in [0.3, 0.4) is 0 Å². The predicted octanol–water partition coefficient (Wildman–Crippen LogP) is 1.65. The zero-order valence-electron chi connectivity index (χ0n) is 12.5. The van der Waals surface area contributed by atoms with Crippen LogP contribution < -0.4 is 5.32 Å². The molecule has 0 spiro atoms. The maximum absolute atomic E-state index is 12.7. The molecule has 4 nitrogen and oxygen atoms in total. The van der Waals surface area contributed by atoms with Gasteiger partial charge in [0.15, 0.2) is 0 Å². The van der Waals surface area contributed by atoms with Crippen LogP contribution in [0.15, 0.2) is 0 Å². The van der Waals surface area contributed by atoms with E-state index < -0.39 is 0 Å². The van der Waals surface area contributed by atoms with Gasteiger partial charge in [0.25, 0.3) is 0 Å². The Bertz CT molecular complexity index is 303. The van der Waals surface area contributed by atoms with Gasteiger partial charge in [-0.15, -0.1) is 0 Å². The van der Waals surface area contributed by atoms with E-state index in [9.17, 15) is 4.79 Å². The highest BCUT2D eigenvalue weighted by molar-refractivity contribution is 5.80. The van der Waals surface area contributed by atoms with E-state index in [1.807, 2.05) is 0 Å². The summed E-state index contributed by atoms with van der Waals surface area (Å²) in [7, 11) is 0. The van der Waals surface area contributed by atoms with Crippen LogP contribution in [0.1, 0.15) is 40.0 Å². The highest BCUT2D eigenvalue weighted by Gasteiger charge is 2.38. The van der Waals surface area contributed by atoms with E-state index >= 15 is 0 Å². The summed E-state index contributed by atoms with van der Waals surface area (Å²) in [5.41, 5.74) is 0. The SMILES string of the molecule is CCCNC1COCC1C(=O)N(CC1CC1)C(C)C. The zero-order valence-corrected chi connectivity index (χ0v) is 12.5. The minimum Gasteiger partial charge on any atom is -0.379 e. The summed E-state index contributed by atoms with van der Waals surface area (Å²) in [5, 5.41) is 3.45. The molecular weight excluding hydrogens is 240 g/mol. The summed E-state index contributed by atoms with van der Waals surface area (Å²) in [5.74, 6) is 1.04. The monoisotopic (exact) mass is 268 g/mol. The van der Waals surface area contributed by atoms with Crippen LogP contribution in [0.25, 0.3) is 0 Å². The second-order valence-electron chi connectivity index (χ2n) is 6.23. The number of nitrogens with one attached hydrogen (secondary N) is 1. The van der Waals surface area contributed by atoms with Gasteiger partial charge < -0.3 is 15.0 Å². The number of ether oxygens (including phenoxy) is 1. The Morgan fingerprint density at radius 2 is 2.11 bits per heavy atom. The number of rotatable bonds is 7. The molecule has 2 unspecified atom stereocenters. The van der Waals surface area contributed by atoms with Gasteiger partial charge in [-0.1, -0.05) is 6.92 Å². The number of nitrogens with zero attached hydrogens (tertiary/aromatic N) is 1. The van der Waals surface area contributed by atoms with Gasteiger partial charge in [0.05, 0.1) is 19.1 Å². The van der Waals surface area contributed by atoms with E-state index in [0.29, 0.717) is 19.3 Å². The van der Waals surface area contributed by atoms with Crippen molar-refractivity contribution < 1.29 is 9.53 Å². The van der Waals surface area contributed by atoms with Crippen LogP contribution in [0, 0.1) is 11.8 Å². The topological polar surface area (TPSA) is 41.6 Å². The van der Waals surface area contributed by atoms with E-state index in [1.165, 1.54) is 12.8 Å². The van der Waals surface area contributed by atoms with E-state index in [-0.39, 0.29) is 17.9 Å². The van der Waals surface area contributed by atoms with Crippen LogP contribution in [-0.4, -0.2) is 49.2 Å². The van der Waals surface area contributed by atoms with Gasteiger partial charge >= 0.3 is 0 Å². The van der Waals surface area contributed by atoms with E-state index in [4.69, 9.17) is 4.74 Å². The molecule has 1 saturated heterocycles. The molecule has 0 aromatic heterocycles. The number of carbonyl (C=O) groups excluding carboxylic acids is 1. The number of carbonyl (C=O) groups is 1. The lowest BCUT2D eigenvalue weighted by molar-refractivity contribution is -0.138. The Kier molecular flexibility index (Phi) is 5.22. The summed E-state index contributed by atoms with van der Waals surface area (Å²) in [6, 6.07) is 0.494. The molecule has 4 heteroatoms. The Morgan fingerprint density at radius 1 is 1.37 bits per heavy atom. The summed E-state index contributed by atoms with van der Waals surface area (Å²) >= 11 is 0. The van der Waals surface area contributed by atoms with Crippen molar-refractivity contribution in [3.05, 3.63) is 0 Å². The molecule has 0 aromatic rings. The number of hydrogen-bond acceptors (Lipinski definition) is 3. The lowest BCUT2D eigenvalue weighted by Gasteiger charge is -2.31. The van der Waals surface area contributed by atoms with Crippen molar-refractivity contribution >= 4 is 5.91 Å². The lowest BCUT2D eigenvalue weighted by Crippen LogP contribution is -2.48. The average Bonchev–Trinajstić information content (AvgIpc) is 3.08. The van der Waals surface area contributed by atoms with Gasteiger partial charge in [-0.3, -0.25) is 4.79 Å². The van der Waals surface area contributed by atoms with Gasteiger partial charge in [0, 0.05) is 18.6 Å². The van der Waals surface area contributed by atoms with Crippen molar-refractivity contribution in [2.24, 2.45) is 11.8 Å². The zero-order chi connectivity index (χ0) is 13.8. The van der Waals surface area contributed by atoms with Crippen molar-refractivity contribution in [2.75, 3.05) is 26.3 Å². The van der Waals surface area contributed by atoms with Gasteiger partial charge in [-0.05, 0) is 45.6 Å². The van der Waals surface area contributed by atoms with Crippen LogP contribution in [-0.2, 0) is 9.53 Å². The molecule has 1 aliphatic carbocycles. The van der Waals surface area contributed by atoms with Gasteiger partial charge in [0.1, 0.15) is 0 Å². The first-order valence-corrected chi connectivity index (χ1v) is 7.75. The third-order valence-electron chi connectivity index (χ3n) is 4.11. The molecule has 19 heavy (non-hydrogen) atoms. The summed E-state index contributed by atoms with van der Waals surface area (Å²) < 4.78 is 5.53. The van der Waals surface area contributed by atoms with Crippen molar-refractivity contribution in [3.8, 4) is 0 Å². The third kappa shape index (κ3) is 3.93. The summed E-state index contributed by atoms with van der Waals surface area (Å²) in [6.07, 6.45) is 3.66. The molecule has 2 atom stereocenters. The largest absolute Gasteiger partial charge is 0.379 e. The lowest BCUT2D eigenvalue weighted by atomic mass is 10.0. The molecule has 1 saturated carbocycles. The summed E-state index contributed by atoms with van der Waals surface area (Å²) in [6.45, 7) is 9.53. The average molecular weight is 268 g/mol. The third-order valence-corrected chi connectivity index (χ3v) is 4.11. The maximum atomic E-state index is 12.7. The molecule has 1 aliphatic heterocycles. The van der Waals surface area contributed by atoms with Gasteiger partial charge in [0.2, 0.25) is 5.91 Å². The van der Waals surface area contributed by atoms with Gasteiger partial charge in [-0.2, -0.15) is 0 Å². The minimum atomic E-state index is 0.00713. The molecule has 2 aliphatic rings. The molecule has 2 rings (SSSR count). The van der Waals surface area contributed by atoms with Gasteiger partial charge in [-0.25, -0.2) is 0 Å². The van der Waals surface area contributed by atoms with Crippen LogP contribution in [0.5, 0.6) is 0 Å². The molecule has 110 valence electrons. The molecule has 0 bridgehead atoms. The highest BCUT2D eigenvalue weighted by Crippen LogP contribution is 2.31. The maximum Gasteiger partial charge on any atom is 0.229 e. The Balaban J connectivity index is 1.94. The van der Waals surface area contributed by atoms with Crippen molar-refractivity contribution in [3.63, 3.8) is 0 Å². The Morgan fingerprint density at radius 3 is 2.68 bits per heavy atom. The molecular formula is C15H28N2O2.